The van der Waals surface area contributed by atoms with Gasteiger partial charge in [-0.25, -0.2) is 14.8 Å². The van der Waals surface area contributed by atoms with Crippen molar-refractivity contribution in [2.45, 2.75) is 10.1 Å². The summed E-state index contributed by atoms with van der Waals surface area (Å²) in [6, 6.07) is 8.32. The van der Waals surface area contributed by atoms with Gasteiger partial charge in [-0.1, -0.05) is 6.07 Å². The minimum Gasteiger partial charge on any atom is -0.481 e. The number of aromatic carboxylic acids is 1. The predicted octanol–water partition coefficient (Wildman–Crippen LogP) is 2.33. The first-order valence-electron chi connectivity index (χ1n) is 5.07. The highest BCUT2D eigenvalue weighted by molar-refractivity contribution is 7.99. The lowest BCUT2D eigenvalue weighted by Gasteiger charge is -2.03. The molecule has 0 saturated carbocycles. The van der Waals surface area contributed by atoms with Crippen molar-refractivity contribution in [3.05, 3.63) is 42.1 Å². The summed E-state index contributed by atoms with van der Waals surface area (Å²) in [5, 5.41) is 10.2. The second-order valence-electron chi connectivity index (χ2n) is 3.31. The molecule has 0 fully saturated rings. The van der Waals surface area contributed by atoms with Gasteiger partial charge in [-0.05, 0) is 30.0 Å². The second-order valence-corrected chi connectivity index (χ2v) is 4.35. The summed E-state index contributed by atoms with van der Waals surface area (Å²) in [7, 11) is 1.54. The molecule has 0 spiro atoms. The second kappa shape index (κ2) is 5.50. The molecule has 2 aromatic rings. The van der Waals surface area contributed by atoms with E-state index in [9.17, 15) is 4.79 Å². The van der Waals surface area contributed by atoms with E-state index in [2.05, 4.69) is 9.97 Å². The van der Waals surface area contributed by atoms with Crippen molar-refractivity contribution in [2.24, 2.45) is 0 Å². The number of pyridine rings is 2. The Bertz CT molecular complexity index is 575. The number of ether oxygens (including phenoxy) is 1. The van der Waals surface area contributed by atoms with E-state index in [4.69, 9.17) is 9.84 Å². The van der Waals surface area contributed by atoms with Crippen molar-refractivity contribution in [3.63, 3.8) is 0 Å². The molecule has 0 saturated heterocycles. The zero-order chi connectivity index (χ0) is 13.0. The Kier molecular flexibility index (Phi) is 3.78. The van der Waals surface area contributed by atoms with E-state index in [-0.39, 0.29) is 5.56 Å². The first-order chi connectivity index (χ1) is 8.69. The maximum absolute atomic E-state index is 10.8. The third-order valence-corrected chi connectivity index (χ3v) is 2.97. The lowest BCUT2D eigenvalue weighted by Crippen LogP contribution is -1.96. The zero-order valence-corrected chi connectivity index (χ0v) is 10.3. The number of rotatable bonds is 4. The first-order valence-corrected chi connectivity index (χ1v) is 5.89. The van der Waals surface area contributed by atoms with Crippen molar-refractivity contribution in [1.29, 1.82) is 0 Å². The smallest absolute Gasteiger partial charge is 0.335 e. The lowest BCUT2D eigenvalue weighted by molar-refractivity contribution is 0.0696. The summed E-state index contributed by atoms with van der Waals surface area (Å²) in [6.45, 7) is 0. The molecule has 0 radical (unpaired) electrons. The molecule has 2 rings (SSSR count). The SMILES string of the molecule is COc1cccc(Sc2cc(C(=O)O)ccn2)n1. The van der Waals surface area contributed by atoms with E-state index in [1.807, 2.05) is 12.1 Å². The fraction of sp³-hybridized carbons (Fsp3) is 0.0833. The summed E-state index contributed by atoms with van der Waals surface area (Å²) in [6.07, 6.45) is 1.46. The van der Waals surface area contributed by atoms with E-state index in [1.165, 1.54) is 30.1 Å². The fourth-order valence-corrected chi connectivity index (χ4v) is 2.07. The van der Waals surface area contributed by atoms with Crippen LogP contribution in [0.15, 0.2) is 46.6 Å². The number of hydrogen-bond acceptors (Lipinski definition) is 5. The summed E-state index contributed by atoms with van der Waals surface area (Å²) in [5.74, 6) is -0.466. The molecular weight excluding hydrogens is 252 g/mol. The fourth-order valence-electron chi connectivity index (χ4n) is 1.27. The Labute approximate surface area is 108 Å². The highest BCUT2D eigenvalue weighted by Gasteiger charge is 2.06. The van der Waals surface area contributed by atoms with Gasteiger partial charge in [-0.3, -0.25) is 0 Å². The van der Waals surface area contributed by atoms with Gasteiger partial charge in [0.25, 0.3) is 0 Å². The number of nitrogens with zero attached hydrogens (tertiary/aromatic N) is 2. The largest absolute Gasteiger partial charge is 0.481 e. The van der Waals surface area contributed by atoms with Gasteiger partial charge in [-0.15, -0.1) is 0 Å². The van der Waals surface area contributed by atoms with Crippen LogP contribution in [0.5, 0.6) is 5.88 Å². The lowest BCUT2D eigenvalue weighted by atomic mass is 10.3. The molecule has 0 bridgehead atoms. The van der Waals surface area contributed by atoms with Gasteiger partial charge >= 0.3 is 5.97 Å². The number of methoxy groups -OCH3 is 1. The van der Waals surface area contributed by atoms with Gasteiger partial charge < -0.3 is 9.84 Å². The average molecular weight is 262 g/mol. The number of carbonyl (C=O) groups is 1. The molecule has 0 aliphatic carbocycles. The summed E-state index contributed by atoms with van der Waals surface area (Å²) in [4.78, 5) is 19.1. The molecule has 5 nitrogen and oxygen atoms in total. The molecule has 0 atom stereocenters. The molecule has 2 heterocycles. The van der Waals surface area contributed by atoms with Crippen LogP contribution in [0.4, 0.5) is 0 Å². The molecule has 6 heteroatoms. The minimum absolute atomic E-state index is 0.204. The molecule has 92 valence electrons. The van der Waals surface area contributed by atoms with Crippen LogP contribution in [0.25, 0.3) is 0 Å². The van der Waals surface area contributed by atoms with Crippen molar-refractivity contribution in [3.8, 4) is 5.88 Å². The zero-order valence-electron chi connectivity index (χ0n) is 9.53. The van der Waals surface area contributed by atoms with Crippen molar-refractivity contribution < 1.29 is 14.6 Å². The van der Waals surface area contributed by atoms with Crippen LogP contribution in [-0.2, 0) is 0 Å². The molecule has 0 amide bonds. The highest BCUT2D eigenvalue weighted by atomic mass is 32.2. The molecule has 0 unspecified atom stereocenters. The first kappa shape index (κ1) is 12.4. The van der Waals surface area contributed by atoms with Gasteiger partial charge in [0.05, 0.1) is 12.7 Å². The number of hydrogen-bond donors (Lipinski definition) is 1. The van der Waals surface area contributed by atoms with E-state index in [1.54, 1.807) is 13.2 Å². The van der Waals surface area contributed by atoms with E-state index in [0.717, 1.165) is 0 Å². The Balaban J connectivity index is 2.22. The molecule has 1 N–H and O–H groups in total. The van der Waals surface area contributed by atoms with Crippen LogP contribution >= 0.6 is 11.8 Å². The topological polar surface area (TPSA) is 72.3 Å². The van der Waals surface area contributed by atoms with Crippen molar-refractivity contribution in [1.82, 2.24) is 9.97 Å². The van der Waals surface area contributed by atoms with Gasteiger partial charge in [0.2, 0.25) is 5.88 Å². The van der Waals surface area contributed by atoms with Crippen LogP contribution in [0, 0.1) is 0 Å². The summed E-state index contributed by atoms with van der Waals surface area (Å²) < 4.78 is 5.02. The number of aromatic nitrogens is 2. The normalized spacial score (nSPS) is 10.1. The molecule has 18 heavy (non-hydrogen) atoms. The minimum atomic E-state index is -0.974. The average Bonchev–Trinajstić information content (AvgIpc) is 2.39. The van der Waals surface area contributed by atoms with Crippen LogP contribution < -0.4 is 4.74 Å². The third kappa shape index (κ3) is 2.98. The molecule has 0 aliphatic heterocycles. The van der Waals surface area contributed by atoms with Crippen LogP contribution in [0.3, 0.4) is 0 Å². The highest BCUT2D eigenvalue weighted by Crippen LogP contribution is 2.26. The standard InChI is InChI=1S/C12H10N2O3S/c1-17-9-3-2-4-10(14-9)18-11-7-8(12(15)16)5-6-13-11/h2-7H,1H3,(H,15,16). The Morgan fingerprint density at radius 1 is 1.33 bits per heavy atom. The van der Waals surface area contributed by atoms with Gasteiger partial charge in [-0.2, -0.15) is 0 Å². The maximum atomic E-state index is 10.8. The summed E-state index contributed by atoms with van der Waals surface area (Å²) >= 11 is 1.28. The molecular formula is C12H10N2O3S. The van der Waals surface area contributed by atoms with Crippen LogP contribution in [0.2, 0.25) is 0 Å². The van der Waals surface area contributed by atoms with E-state index in [0.29, 0.717) is 15.9 Å². The summed E-state index contributed by atoms with van der Waals surface area (Å²) in [5.41, 5.74) is 0.204. The third-order valence-electron chi connectivity index (χ3n) is 2.10. The van der Waals surface area contributed by atoms with Gasteiger partial charge in [0.15, 0.2) is 0 Å². The van der Waals surface area contributed by atoms with Crippen LogP contribution in [-0.4, -0.2) is 28.2 Å². The quantitative estimate of drug-likeness (QED) is 0.911. The monoisotopic (exact) mass is 262 g/mol. The predicted molar refractivity (Wildman–Crippen MR) is 66.1 cm³/mol. The van der Waals surface area contributed by atoms with Crippen molar-refractivity contribution in [2.75, 3.05) is 7.11 Å². The Hall–Kier alpha value is -2.08. The van der Waals surface area contributed by atoms with Gasteiger partial charge in [0, 0.05) is 12.3 Å². The molecule has 0 aromatic carbocycles. The number of carboxylic acid groups (broad SMARTS) is 1. The molecule has 0 aliphatic rings. The Morgan fingerprint density at radius 3 is 2.89 bits per heavy atom. The molecule has 2 aromatic heterocycles. The van der Waals surface area contributed by atoms with Crippen LogP contribution in [0.1, 0.15) is 10.4 Å². The maximum Gasteiger partial charge on any atom is 0.335 e. The van der Waals surface area contributed by atoms with Crippen molar-refractivity contribution >= 4 is 17.7 Å². The Morgan fingerprint density at radius 2 is 2.17 bits per heavy atom. The van der Waals surface area contributed by atoms with Gasteiger partial charge in [0.1, 0.15) is 10.1 Å². The van der Waals surface area contributed by atoms with E-state index >= 15 is 0 Å². The van der Waals surface area contributed by atoms with E-state index < -0.39 is 5.97 Å². The number of carboxylic acids is 1.